The maximum atomic E-state index is 14.2. The molecule has 2 aliphatic heterocycles. The molecule has 0 unspecified atom stereocenters. The predicted octanol–water partition coefficient (Wildman–Crippen LogP) is 5.37. The van der Waals surface area contributed by atoms with Gasteiger partial charge in [0, 0.05) is 35.9 Å². The molecule has 8 nitrogen and oxygen atoms in total. The molecule has 8 heteroatoms. The summed E-state index contributed by atoms with van der Waals surface area (Å²) in [6, 6.07) is 10.7. The minimum atomic E-state index is -1.33. The minimum absolute atomic E-state index is 0.0540. The summed E-state index contributed by atoms with van der Waals surface area (Å²) in [6.07, 6.45) is 16.6. The van der Waals surface area contributed by atoms with E-state index in [0.29, 0.717) is 29.2 Å². The Labute approximate surface area is 233 Å². The first-order valence-electron chi connectivity index (χ1n) is 15.2. The number of hydrogen-bond acceptors (Lipinski definition) is 5. The van der Waals surface area contributed by atoms with Crippen molar-refractivity contribution in [3.05, 3.63) is 62.8 Å². The van der Waals surface area contributed by atoms with Crippen LogP contribution >= 0.6 is 0 Å². The van der Waals surface area contributed by atoms with Crippen LogP contribution in [0.15, 0.2) is 46.1 Å². The zero-order valence-electron chi connectivity index (χ0n) is 22.9. The van der Waals surface area contributed by atoms with Crippen LogP contribution in [0.25, 0.3) is 22.3 Å². The number of aromatic carboxylic acids is 1. The Morgan fingerprint density at radius 2 is 1.55 bits per heavy atom. The molecule has 4 aliphatic rings. The number of aromatic amines is 1. The first kappa shape index (κ1) is 25.7. The summed E-state index contributed by atoms with van der Waals surface area (Å²) in [6.45, 7) is 0. The Morgan fingerprint density at radius 3 is 2.25 bits per heavy atom. The molecule has 4 bridgehead atoms. The van der Waals surface area contributed by atoms with Crippen LogP contribution in [0.4, 0.5) is 0 Å². The molecule has 2 N–H and O–H groups in total. The second-order valence-corrected chi connectivity index (χ2v) is 12.7. The number of aromatic nitrogens is 3. The zero-order valence-corrected chi connectivity index (χ0v) is 22.9. The van der Waals surface area contributed by atoms with Crippen molar-refractivity contribution in [2.45, 2.75) is 101 Å². The Balaban J connectivity index is 1.26. The van der Waals surface area contributed by atoms with E-state index in [1.165, 1.54) is 76.5 Å². The number of H-pyrrole nitrogens is 1. The standard InChI is InChI=1S/C32H38N4O4/c37-30-26(32(39)40)15-21(18-33-30)29-31(38)36(28-11-4-3-10-27(28)34-29)25-16-22-8-5-9-23(17-25)35(22)24-13-19-6-1-2-7-20(12-19)14-24/h3-4,10-11,15,18-20,22-25H,1-2,5-9,12-14,16-17H2,(H,33,37)(H,39,40)/t19-,20+,22-,23+,24-,25+. The molecule has 0 amide bonds. The monoisotopic (exact) mass is 542 g/mol. The van der Waals surface area contributed by atoms with Crippen molar-refractivity contribution in [2.75, 3.05) is 0 Å². The topological polar surface area (TPSA) is 108 Å². The number of rotatable bonds is 4. The van der Waals surface area contributed by atoms with Crippen LogP contribution < -0.4 is 11.1 Å². The molecule has 210 valence electrons. The van der Waals surface area contributed by atoms with E-state index < -0.39 is 17.1 Å². The van der Waals surface area contributed by atoms with Gasteiger partial charge in [-0.15, -0.1) is 0 Å². The molecule has 1 aromatic carbocycles. The molecule has 2 aromatic heterocycles. The van der Waals surface area contributed by atoms with E-state index in [4.69, 9.17) is 0 Å². The van der Waals surface area contributed by atoms with Gasteiger partial charge in [0.2, 0.25) is 0 Å². The molecule has 4 fully saturated rings. The summed E-state index contributed by atoms with van der Waals surface area (Å²) in [5, 5.41) is 9.50. The molecule has 40 heavy (non-hydrogen) atoms. The molecule has 2 saturated carbocycles. The third-order valence-electron chi connectivity index (χ3n) is 10.3. The smallest absolute Gasteiger partial charge is 0.341 e. The van der Waals surface area contributed by atoms with E-state index >= 15 is 0 Å². The number of benzene rings is 1. The first-order valence-corrected chi connectivity index (χ1v) is 15.2. The highest BCUT2D eigenvalue weighted by Crippen LogP contribution is 2.47. The lowest BCUT2D eigenvalue weighted by atomic mass is 9.73. The highest BCUT2D eigenvalue weighted by atomic mass is 16.4. The van der Waals surface area contributed by atoms with Gasteiger partial charge >= 0.3 is 5.97 Å². The van der Waals surface area contributed by atoms with E-state index in [0.717, 1.165) is 30.2 Å². The highest BCUT2D eigenvalue weighted by Gasteiger charge is 2.45. The van der Waals surface area contributed by atoms with Crippen molar-refractivity contribution in [2.24, 2.45) is 11.8 Å². The van der Waals surface area contributed by atoms with Gasteiger partial charge in [-0.2, -0.15) is 0 Å². The van der Waals surface area contributed by atoms with E-state index in [9.17, 15) is 19.5 Å². The number of piperidine rings is 2. The van der Waals surface area contributed by atoms with Crippen LogP contribution in [-0.2, 0) is 0 Å². The van der Waals surface area contributed by atoms with E-state index in [2.05, 4.69) is 14.9 Å². The van der Waals surface area contributed by atoms with Crippen LogP contribution in [0.2, 0.25) is 0 Å². The van der Waals surface area contributed by atoms with Gasteiger partial charge in [-0.1, -0.05) is 44.2 Å². The number of carboxylic acids is 1. The van der Waals surface area contributed by atoms with Gasteiger partial charge < -0.3 is 14.7 Å². The molecule has 4 heterocycles. The van der Waals surface area contributed by atoms with Gasteiger partial charge in [0.05, 0.1) is 11.0 Å². The minimum Gasteiger partial charge on any atom is -0.477 e. The quantitative estimate of drug-likeness (QED) is 0.459. The average Bonchev–Trinajstić information content (AvgIpc) is 3.11. The van der Waals surface area contributed by atoms with Crippen LogP contribution in [-0.4, -0.2) is 48.6 Å². The maximum absolute atomic E-state index is 14.2. The van der Waals surface area contributed by atoms with Gasteiger partial charge in [0.1, 0.15) is 11.3 Å². The second kappa shape index (κ2) is 10.3. The van der Waals surface area contributed by atoms with E-state index in [1.807, 2.05) is 28.8 Å². The number of pyridine rings is 1. The van der Waals surface area contributed by atoms with Crippen molar-refractivity contribution in [1.29, 1.82) is 0 Å². The molecule has 2 aliphatic carbocycles. The normalized spacial score (nSPS) is 30.6. The Hall–Kier alpha value is -3.26. The van der Waals surface area contributed by atoms with Crippen LogP contribution in [0.3, 0.4) is 0 Å². The Bertz CT molecular complexity index is 1530. The lowest BCUT2D eigenvalue weighted by Gasteiger charge is -2.54. The largest absolute Gasteiger partial charge is 0.477 e. The fraction of sp³-hybridized carbons (Fsp3) is 0.562. The fourth-order valence-corrected chi connectivity index (χ4v) is 8.79. The lowest BCUT2D eigenvalue weighted by molar-refractivity contribution is -0.0420. The SMILES string of the molecule is O=C(O)c1cc(-c2nc3ccccc3n([C@H]3C[C@H]4CCC[C@@H](C3)N4[C@@H]3C[C@@H]4CCCC[C@@H](C4)C3)c2=O)c[nH]c1=O. The summed E-state index contributed by atoms with van der Waals surface area (Å²) >= 11 is 0. The van der Waals surface area contributed by atoms with Gasteiger partial charge in [-0.3, -0.25) is 14.5 Å². The van der Waals surface area contributed by atoms with Crippen molar-refractivity contribution >= 4 is 17.0 Å². The number of para-hydroxylation sites is 2. The maximum Gasteiger partial charge on any atom is 0.341 e. The number of nitrogens with zero attached hydrogens (tertiary/aromatic N) is 3. The third-order valence-corrected chi connectivity index (χ3v) is 10.3. The van der Waals surface area contributed by atoms with E-state index in [-0.39, 0.29) is 17.3 Å². The molecule has 2 saturated heterocycles. The molecule has 0 spiro atoms. The summed E-state index contributed by atoms with van der Waals surface area (Å²) < 4.78 is 1.94. The number of nitrogens with one attached hydrogen (secondary N) is 1. The average molecular weight is 543 g/mol. The summed E-state index contributed by atoms with van der Waals surface area (Å²) in [4.78, 5) is 47.9. The third kappa shape index (κ3) is 4.50. The first-order chi connectivity index (χ1) is 19.5. The Kier molecular flexibility index (Phi) is 6.61. The lowest BCUT2D eigenvalue weighted by Crippen LogP contribution is -2.58. The van der Waals surface area contributed by atoms with Crippen LogP contribution in [0.1, 0.15) is 93.4 Å². The van der Waals surface area contributed by atoms with Crippen LogP contribution in [0.5, 0.6) is 0 Å². The van der Waals surface area contributed by atoms with Gasteiger partial charge in [-0.25, -0.2) is 9.78 Å². The highest BCUT2D eigenvalue weighted by molar-refractivity contribution is 5.88. The van der Waals surface area contributed by atoms with E-state index in [1.54, 1.807) is 0 Å². The van der Waals surface area contributed by atoms with Gasteiger partial charge in [-0.05, 0) is 75.0 Å². The number of hydrogen-bond donors (Lipinski definition) is 2. The Morgan fingerprint density at radius 1 is 0.850 bits per heavy atom. The van der Waals surface area contributed by atoms with Crippen molar-refractivity contribution in [3.63, 3.8) is 0 Å². The summed E-state index contributed by atoms with van der Waals surface area (Å²) in [5.74, 6) is 0.436. The molecule has 3 aromatic rings. The molecular formula is C32H38N4O4. The molecule has 6 atom stereocenters. The van der Waals surface area contributed by atoms with Gasteiger partial charge in [0.25, 0.3) is 11.1 Å². The predicted molar refractivity (Wildman–Crippen MR) is 154 cm³/mol. The van der Waals surface area contributed by atoms with Crippen molar-refractivity contribution in [3.8, 4) is 11.3 Å². The molecule has 0 radical (unpaired) electrons. The van der Waals surface area contributed by atoms with Crippen molar-refractivity contribution < 1.29 is 9.90 Å². The number of fused-ring (bicyclic) bond motifs is 5. The van der Waals surface area contributed by atoms with Crippen LogP contribution in [0, 0.1) is 11.8 Å². The zero-order chi connectivity index (χ0) is 27.4. The van der Waals surface area contributed by atoms with Gasteiger partial charge in [0.15, 0.2) is 0 Å². The number of carbonyl (C=O) groups is 1. The number of carboxylic acid groups (broad SMARTS) is 1. The van der Waals surface area contributed by atoms with Crippen molar-refractivity contribution in [1.82, 2.24) is 19.4 Å². The fourth-order valence-electron chi connectivity index (χ4n) is 8.79. The molecule has 7 rings (SSSR count). The molecular weight excluding hydrogens is 504 g/mol. The summed E-state index contributed by atoms with van der Waals surface area (Å²) in [7, 11) is 0. The second-order valence-electron chi connectivity index (χ2n) is 12.7. The summed E-state index contributed by atoms with van der Waals surface area (Å²) in [5.41, 5.74) is 0.713.